The number of aromatic nitrogens is 1. The van der Waals surface area contributed by atoms with Crippen molar-refractivity contribution in [2.45, 2.75) is 0 Å². The van der Waals surface area contributed by atoms with Crippen molar-refractivity contribution in [3.05, 3.63) is 24.6 Å². The lowest BCUT2D eigenvalue weighted by Gasteiger charge is -2.26. The van der Waals surface area contributed by atoms with Gasteiger partial charge in [-0.15, -0.1) is 0 Å². The number of nitrogens with one attached hydrogen (secondary N) is 1. The van der Waals surface area contributed by atoms with E-state index in [0.717, 1.165) is 36.5 Å². The van der Waals surface area contributed by atoms with E-state index in [-0.39, 0.29) is 0 Å². The van der Waals surface area contributed by atoms with E-state index in [4.69, 9.17) is 9.15 Å². The van der Waals surface area contributed by atoms with Gasteiger partial charge in [-0.25, -0.2) is 4.98 Å². The smallest absolute Gasteiger partial charge is 0.196 e. The Labute approximate surface area is 87.2 Å². The van der Waals surface area contributed by atoms with Gasteiger partial charge < -0.3 is 14.5 Å². The second-order valence-electron chi connectivity index (χ2n) is 3.79. The van der Waals surface area contributed by atoms with E-state index in [1.54, 1.807) is 0 Å². The van der Waals surface area contributed by atoms with Gasteiger partial charge in [0.05, 0.1) is 6.61 Å². The van der Waals surface area contributed by atoms with Crippen LogP contribution < -0.4 is 10.1 Å². The molecule has 3 rings (SSSR count). The van der Waals surface area contributed by atoms with E-state index in [1.165, 1.54) is 6.39 Å². The third kappa shape index (κ3) is 1.57. The zero-order valence-electron chi connectivity index (χ0n) is 8.27. The average Bonchev–Trinajstić information content (AvgIpc) is 2.63. The molecule has 0 saturated carbocycles. The Morgan fingerprint density at radius 2 is 2.40 bits per heavy atom. The molecule has 1 N–H and O–H groups in total. The number of fused-ring (bicyclic) bond motifs is 1. The van der Waals surface area contributed by atoms with Gasteiger partial charge in [-0.1, -0.05) is 6.07 Å². The molecule has 15 heavy (non-hydrogen) atoms. The molecule has 2 aromatic rings. The molecule has 0 aliphatic carbocycles. The number of oxazole rings is 1. The van der Waals surface area contributed by atoms with Crippen molar-refractivity contribution in [2.75, 3.05) is 19.7 Å². The summed E-state index contributed by atoms with van der Waals surface area (Å²) in [6.45, 7) is 2.84. The molecule has 1 aliphatic heterocycles. The van der Waals surface area contributed by atoms with Crippen LogP contribution in [0.4, 0.5) is 0 Å². The zero-order chi connectivity index (χ0) is 10.1. The van der Waals surface area contributed by atoms with Gasteiger partial charge in [0.1, 0.15) is 5.52 Å². The second kappa shape index (κ2) is 3.55. The summed E-state index contributed by atoms with van der Waals surface area (Å²) in [4.78, 5) is 4.08. The van der Waals surface area contributed by atoms with Crippen LogP contribution in [0.1, 0.15) is 0 Å². The highest BCUT2D eigenvalue weighted by Gasteiger charge is 2.18. The fourth-order valence-electron chi connectivity index (χ4n) is 1.65. The van der Waals surface area contributed by atoms with Crippen molar-refractivity contribution in [1.82, 2.24) is 10.3 Å². The molecule has 0 radical (unpaired) electrons. The number of benzene rings is 1. The van der Waals surface area contributed by atoms with E-state index in [9.17, 15) is 0 Å². The quantitative estimate of drug-likeness (QED) is 0.821. The van der Waals surface area contributed by atoms with Crippen molar-refractivity contribution in [2.24, 2.45) is 5.92 Å². The third-order valence-corrected chi connectivity index (χ3v) is 2.66. The maximum atomic E-state index is 5.71. The van der Waals surface area contributed by atoms with Crippen LogP contribution in [0, 0.1) is 5.92 Å². The highest BCUT2D eigenvalue weighted by molar-refractivity contribution is 5.78. The van der Waals surface area contributed by atoms with Crippen molar-refractivity contribution in [3.8, 4) is 5.75 Å². The summed E-state index contributed by atoms with van der Waals surface area (Å²) in [5.41, 5.74) is 1.59. The zero-order valence-corrected chi connectivity index (χ0v) is 8.27. The molecule has 1 saturated heterocycles. The first-order valence-corrected chi connectivity index (χ1v) is 5.09. The van der Waals surface area contributed by atoms with Crippen LogP contribution in [0.15, 0.2) is 29.0 Å². The Morgan fingerprint density at radius 3 is 3.20 bits per heavy atom. The van der Waals surface area contributed by atoms with E-state index >= 15 is 0 Å². The van der Waals surface area contributed by atoms with Crippen molar-refractivity contribution in [3.63, 3.8) is 0 Å². The topological polar surface area (TPSA) is 47.3 Å². The van der Waals surface area contributed by atoms with E-state index < -0.39 is 0 Å². The van der Waals surface area contributed by atoms with Crippen molar-refractivity contribution in [1.29, 1.82) is 0 Å². The predicted molar refractivity (Wildman–Crippen MR) is 55.9 cm³/mol. The molecular formula is C11H12N2O2. The van der Waals surface area contributed by atoms with Crippen molar-refractivity contribution >= 4 is 11.1 Å². The number of hydrogen-bond acceptors (Lipinski definition) is 4. The molecule has 1 aliphatic rings. The maximum absolute atomic E-state index is 5.71. The lowest BCUT2D eigenvalue weighted by atomic mass is 10.1. The molecule has 1 aromatic carbocycles. The summed E-state index contributed by atoms with van der Waals surface area (Å²) < 4.78 is 11.0. The fourth-order valence-corrected chi connectivity index (χ4v) is 1.65. The molecule has 0 atom stereocenters. The highest BCUT2D eigenvalue weighted by Crippen LogP contribution is 2.25. The molecule has 4 heteroatoms. The molecule has 1 fully saturated rings. The Kier molecular flexibility index (Phi) is 2.07. The lowest BCUT2D eigenvalue weighted by Crippen LogP contribution is -2.45. The van der Waals surface area contributed by atoms with Gasteiger partial charge in [-0.2, -0.15) is 0 Å². The Bertz CT molecular complexity index is 462. The van der Waals surface area contributed by atoms with Gasteiger partial charge in [0, 0.05) is 19.0 Å². The van der Waals surface area contributed by atoms with Crippen LogP contribution >= 0.6 is 0 Å². The number of nitrogens with zero attached hydrogens (tertiary/aromatic N) is 1. The van der Waals surface area contributed by atoms with Crippen molar-refractivity contribution < 1.29 is 9.15 Å². The summed E-state index contributed by atoms with van der Waals surface area (Å²) in [7, 11) is 0. The summed E-state index contributed by atoms with van der Waals surface area (Å²) in [6, 6.07) is 5.76. The minimum absolute atomic E-state index is 0.628. The van der Waals surface area contributed by atoms with Gasteiger partial charge in [-0.3, -0.25) is 0 Å². The summed E-state index contributed by atoms with van der Waals surface area (Å²) >= 11 is 0. The third-order valence-electron chi connectivity index (χ3n) is 2.66. The Balaban J connectivity index is 1.80. The summed E-state index contributed by atoms with van der Waals surface area (Å²) in [6.07, 6.45) is 1.45. The van der Waals surface area contributed by atoms with Crippen LogP contribution in [0.3, 0.4) is 0 Å². The summed E-state index contributed by atoms with van der Waals surface area (Å²) in [5, 5.41) is 3.21. The molecule has 0 bridgehead atoms. The van der Waals surface area contributed by atoms with Crippen LogP contribution in [0.5, 0.6) is 5.75 Å². The standard InChI is InChI=1S/C11H12N2O2/c1-2-9-11(15-7-13-9)10(3-1)14-6-8-4-12-5-8/h1-3,7-8,12H,4-6H2. The minimum atomic E-state index is 0.628. The molecule has 1 aromatic heterocycles. The SMILES string of the molecule is c1cc(OCC2CNC2)c2ocnc2c1. The number of hydrogen-bond donors (Lipinski definition) is 1. The lowest BCUT2D eigenvalue weighted by molar-refractivity contribution is 0.199. The maximum Gasteiger partial charge on any atom is 0.196 e. The van der Waals surface area contributed by atoms with Gasteiger partial charge in [-0.05, 0) is 12.1 Å². The fraction of sp³-hybridized carbons (Fsp3) is 0.364. The highest BCUT2D eigenvalue weighted by atomic mass is 16.5. The van der Waals surface area contributed by atoms with Gasteiger partial charge in [0.25, 0.3) is 0 Å². The van der Waals surface area contributed by atoms with E-state index in [0.29, 0.717) is 5.92 Å². The first kappa shape index (κ1) is 8.73. The first-order chi connectivity index (χ1) is 7.43. The first-order valence-electron chi connectivity index (χ1n) is 5.09. The van der Waals surface area contributed by atoms with E-state index in [2.05, 4.69) is 10.3 Å². The van der Waals surface area contributed by atoms with Crippen LogP contribution in [0.2, 0.25) is 0 Å². The average molecular weight is 204 g/mol. The number of rotatable bonds is 3. The van der Waals surface area contributed by atoms with Gasteiger partial charge in [0.15, 0.2) is 17.7 Å². The second-order valence-corrected chi connectivity index (χ2v) is 3.79. The molecule has 78 valence electrons. The van der Waals surface area contributed by atoms with Crippen LogP contribution in [-0.2, 0) is 0 Å². The molecule has 0 amide bonds. The summed E-state index contributed by atoms with van der Waals surface area (Å²) in [5.74, 6) is 1.42. The van der Waals surface area contributed by atoms with Gasteiger partial charge >= 0.3 is 0 Å². The monoisotopic (exact) mass is 204 g/mol. The van der Waals surface area contributed by atoms with Crippen LogP contribution in [-0.4, -0.2) is 24.7 Å². The number of ether oxygens (including phenoxy) is 1. The molecule has 0 spiro atoms. The largest absolute Gasteiger partial charge is 0.489 e. The van der Waals surface area contributed by atoms with Crippen LogP contribution in [0.25, 0.3) is 11.1 Å². The normalized spacial score (nSPS) is 16.5. The molecular weight excluding hydrogens is 192 g/mol. The molecule has 0 unspecified atom stereocenters. The Hall–Kier alpha value is -1.55. The molecule has 2 heterocycles. The van der Waals surface area contributed by atoms with Gasteiger partial charge in [0.2, 0.25) is 0 Å². The minimum Gasteiger partial charge on any atom is -0.489 e. The Morgan fingerprint density at radius 1 is 1.47 bits per heavy atom. The van der Waals surface area contributed by atoms with E-state index in [1.807, 2.05) is 18.2 Å². The predicted octanol–water partition coefficient (Wildman–Crippen LogP) is 1.43. The number of para-hydroxylation sites is 1. The molecule has 4 nitrogen and oxygen atoms in total.